The van der Waals surface area contributed by atoms with E-state index in [-0.39, 0.29) is 0 Å². The number of likely N-dealkylation sites (tertiary alicyclic amines) is 1. The van der Waals surface area contributed by atoms with E-state index in [1.165, 1.54) is 38.5 Å². The molecule has 1 saturated carbocycles. The first kappa shape index (κ1) is 22.2. The van der Waals surface area contributed by atoms with Gasteiger partial charge in [0.2, 0.25) is 0 Å². The number of guanidine groups is 1. The van der Waals surface area contributed by atoms with Crippen LogP contribution in [-0.4, -0.2) is 46.8 Å². The number of hydrogen-bond acceptors (Lipinski definition) is 4. The second kappa shape index (κ2) is 10.1. The summed E-state index contributed by atoms with van der Waals surface area (Å²) in [4.78, 5) is 7.37. The molecule has 0 radical (unpaired) electrons. The standard InChI is InChI=1S/C25H35N7/c1-2-28-24(31-17-15-25(19-31)13-7-4-8-14-25)29-16-9-12-22-21(18-26)23(27)32(30-22)20-10-5-3-6-11-20/h3,5-6,10-11H,2,4,7-9,12-17,19,27H2,1H3,(H,28,29). The highest BCUT2D eigenvalue weighted by atomic mass is 15.3. The summed E-state index contributed by atoms with van der Waals surface area (Å²) in [5.74, 6) is 1.44. The number of aliphatic imine (C=N–C) groups is 1. The van der Waals surface area contributed by atoms with Crippen molar-refractivity contribution in [2.45, 2.75) is 58.3 Å². The fourth-order valence-corrected chi connectivity index (χ4v) is 5.22. The molecule has 1 saturated heterocycles. The molecule has 1 aliphatic carbocycles. The number of nitrogens with one attached hydrogen (secondary N) is 1. The van der Waals surface area contributed by atoms with Crippen LogP contribution in [0, 0.1) is 16.7 Å². The van der Waals surface area contributed by atoms with Crippen molar-refractivity contribution in [1.82, 2.24) is 20.0 Å². The summed E-state index contributed by atoms with van der Waals surface area (Å²) in [6.45, 7) is 5.94. The first-order chi connectivity index (χ1) is 15.7. The number of anilines is 1. The lowest BCUT2D eigenvalue weighted by molar-refractivity contribution is 0.203. The van der Waals surface area contributed by atoms with Crippen LogP contribution in [0.3, 0.4) is 0 Å². The van der Waals surface area contributed by atoms with Gasteiger partial charge in [0.15, 0.2) is 5.96 Å². The van der Waals surface area contributed by atoms with Gasteiger partial charge >= 0.3 is 0 Å². The number of nitriles is 1. The van der Waals surface area contributed by atoms with Crippen molar-refractivity contribution < 1.29 is 0 Å². The summed E-state index contributed by atoms with van der Waals surface area (Å²) in [6.07, 6.45) is 9.68. The Morgan fingerprint density at radius 1 is 1.22 bits per heavy atom. The maximum absolute atomic E-state index is 9.61. The maximum Gasteiger partial charge on any atom is 0.193 e. The Balaban J connectivity index is 1.39. The van der Waals surface area contributed by atoms with E-state index in [1.54, 1.807) is 4.68 Å². The lowest BCUT2D eigenvalue weighted by Gasteiger charge is -2.33. The highest BCUT2D eigenvalue weighted by Crippen LogP contribution is 2.43. The number of hydrogen-bond donors (Lipinski definition) is 2. The highest BCUT2D eigenvalue weighted by molar-refractivity contribution is 5.80. The van der Waals surface area contributed by atoms with Crippen LogP contribution in [0.15, 0.2) is 35.3 Å². The number of aromatic nitrogens is 2. The zero-order chi connectivity index (χ0) is 22.4. The van der Waals surface area contributed by atoms with E-state index in [0.717, 1.165) is 43.4 Å². The van der Waals surface area contributed by atoms with E-state index in [2.05, 4.69) is 28.3 Å². The predicted molar refractivity (Wildman–Crippen MR) is 129 cm³/mol. The van der Waals surface area contributed by atoms with Gasteiger partial charge in [-0.1, -0.05) is 37.5 Å². The van der Waals surface area contributed by atoms with Gasteiger partial charge in [0.1, 0.15) is 17.5 Å². The van der Waals surface area contributed by atoms with Crippen molar-refractivity contribution in [2.24, 2.45) is 10.4 Å². The van der Waals surface area contributed by atoms with Crippen LogP contribution in [0.2, 0.25) is 0 Å². The Labute approximate surface area is 191 Å². The summed E-state index contributed by atoms with van der Waals surface area (Å²) < 4.78 is 1.66. The molecular weight excluding hydrogens is 398 g/mol. The van der Waals surface area contributed by atoms with Gasteiger partial charge in [-0.15, -0.1) is 0 Å². The van der Waals surface area contributed by atoms with Crippen LogP contribution in [0.4, 0.5) is 5.82 Å². The molecule has 7 heteroatoms. The summed E-state index contributed by atoms with van der Waals surface area (Å²) in [7, 11) is 0. The van der Waals surface area contributed by atoms with Gasteiger partial charge in [0.25, 0.3) is 0 Å². The Kier molecular flexibility index (Phi) is 6.99. The molecule has 4 rings (SSSR count). The SMILES string of the molecule is CCNC(=NCCCc1nn(-c2ccccc2)c(N)c1C#N)N1CCC2(CCCCC2)C1. The molecule has 1 aliphatic heterocycles. The maximum atomic E-state index is 9.61. The molecule has 2 heterocycles. The number of nitrogen functional groups attached to an aromatic ring is 1. The fraction of sp³-hybridized carbons (Fsp3) is 0.560. The van der Waals surface area contributed by atoms with Gasteiger partial charge in [-0.25, -0.2) is 4.68 Å². The van der Waals surface area contributed by atoms with Crippen molar-refractivity contribution in [1.29, 1.82) is 5.26 Å². The lowest BCUT2D eigenvalue weighted by Crippen LogP contribution is -2.41. The molecular formula is C25H35N7. The van der Waals surface area contributed by atoms with Crippen LogP contribution in [-0.2, 0) is 6.42 Å². The van der Waals surface area contributed by atoms with Crippen molar-refractivity contribution in [3.05, 3.63) is 41.6 Å². The molecule has 32 heavy (non-hydrogen) atoms. The van der Waals surface area contributed by atoms with Gasteiger partial charge in [0.05, 0.1) is 11.4 Å². The van der Waals surface area contributed by atoms with Crippen LogP contribution in [0.5, 0.6) is 0 Å². The summed E-state index contributed by atoms with van der Waals surface area (Å²) in [6, 6.07) is 11.9. The van der Waals surface area contributed by atoms with E-state index in [0.29, 0.717) is 29.8 Å². The number of rotatable bonds is 6. The van der Waals surface area contributed by atoms with Crippen molar-refractivity contribution in [2.75, 3.05) is 31.9 Å². The third kappa shape index (κ3) is 4.74. The third-order valence-corrected chi connectivity index (χ3v) is 6.93. The molecule has 0 bridgehead atoms. The van der Waals surface area contributed by atoms with Crippen LogP contribution >= 0.6 is 0 Å². The van der Waals surface area contributed by atoms with Crippen molar-refractivity contribution in [3.8, 4) is 11.8 Å². The number of benzene rings is 1. The fourth-order valence-electron chi connectivity index (χ4n) is 5.22. The molecule has 7 nitrogen and oxygen atoms in total. The quantitative estimate of drug-likeness (QED) is 0.409. The zero-order valence-electron chi connectivity index (χ0n) is 19.2. The van der Waals surface area contributed by atoms with Gasteiger partial charge in [0, 0.05) is 26.2 Å². The Hall–Kier alpha value is -3.01. The summed E-state index contributed by atoms with van der Waals surface area (Å²) in [5.41, 5.74) is 8.82. The second-order valence-corrected chi connectivity index (χ2v) is 9.14. The van der Waals surface area contributed by atoms with Crippen LogP contribution in [0.25, 0.3) is 5.69 Å². The Morgan fingerprint density at radius 3 is 2.72 bits per heavy atom. The number of aryl methyl sites for hydroxylation is 1. The molecule has 1 aromatic carbocycles. The first-order valence-electron chi connectivity index (χ1n) is 12.0. The first-order valence-corrected chi connectivity index (χ1v) is 12.0. The van der Waals surface area contributed by atoms with Crippen molar-refractivity contribution in [3.63, 3.8) is 0 Å². The number of nitrogens with two attached hydrogens (primary N) is 1. The minimum atomic E-state index is 0.403. The van der Waals surface area contributed by atoms with E-state index < -0.39 is 0 Å². The number of para-hydroxylation sites is 1. The highest BCUT2D eigenvalue weighted by Gasteiger charge is 2.39. The second-order valence-electron chi connectivity index (χ2n) is 9.14. The van der Waals surface area contributed by atoms with Crippen LogP contribution in [0.1, 0.15) is 63.1 Å². The molecule has 0 atom stereocenters. The van der Waals surface area contributed by atoms with Crippen molar-refractivity contribution >= 4 is 11.8 Å². The number of nitrogens with zero attached hydrogens (tertiary/aromatic N) is 5. The largest absolute Gasteiger partial charge is 0.382 e. The molecule has 0 amide bonds. The molecule has 0 unspecified atom stereocenters. The lowest BCUT2D eigenvalue weighted by atomic mass is 9.73. The molecule has 2 fully saturated rings. The average Bonchev–Trinajstić information content (AvgIpc) is 3.37. The van der Waals surface area contributed by atoms with Gasteiger partial charge < -0.3 is 16.0 Å². The predicted octanol–water partition coefficient (Wildman–Crippen LogP) is 3.88. The average molecular weight is 434 g/mol. The van der Waals surface area contributed by atoms with E-state index in [1.807, 2.05) is 30.3 Å². The molecule has 1 spiro atoms. The topological polar surface area (TPSA) is 95.3 Å². The summed E-state index contributed by atoms with van der Waals surface area (Å²) >= 11 is 0. The Morgan fingerprint density at radius 2 is 2.00 bits per heavy atom. The zero-order valence-corrected chi connectivity index (χ0v) is 19.2. The minimum absolute atomic E-state index is 0.403. The normalized spacial score (nSPS) is 18.1. The molecule has 170 valence electrons. The Bertz CT molecular complexity index is 964. The van der Waals surface area contributed by atoms with Gasteiger partial charge in [-0.05, 0) is 56.6 Å². The van der Waals surface area contributed by atoms with E-state index in [9.17, 15) is 5.26 Å². The van der Waals surface area contributed by atoms with E-state index >= 15 is 0 Å². The third-order valence-electron chi connectivity index (χ3n) is 6.93. The van der Waals surface area contributed by atoms with Crippen LogP contribution < -0.4 is 11.1 Å². The molecule has 3 N–H and O–H groups in total. The molecule has 2 aromatic rings. The minimum Gasteiger partial charge on any atom is -0.382 e. The van der Waals surface area contributed by atoms with E-state index in [4.69, 9.17) is 10.7 Å². The summed E-state index contributed by atoms with van der Waals surface area (Å²) in [5, 5.41) is 17.7. The van der Waals surface area contributed by atoms with Gasteiger partial charge in [-0.3, -0.25) is 4.99 Å². The molecule has 2 aliphatic rings. The monoisotopic (exact) mass is 433 g/mol. The van der Waals surface area contributed by atoms with Gasteiger partial charge in [-0.2, -0.15) is 10.4 Å². The smallest absolute Gasteiger partial charge is 0.193 e. The molecule has 1 aromatic heterocycles.